The number of rotatable bonds is 4. The molecule has 1 heterocycles. The molecule has 0 aliphatic rings. The molecule has 0 amide bonds. The Morgan fingerprint density at radius 3 is 2.40 bits per heavy atom. The summed E-state index contributed by atoms with van der Waals surface area (Å²) < 4.78 is 31.9. The molecule has 5 nitrogen and oxygen atoms in total. The van der Waals surface area contributed by atoms with Crippen LogP contribution in [0.25, 0.3) is 10.9 Å². The Bertz CT molecular complexity index is 1050. The maximum Gasteiger partial charge on any atom is 0.309 e. The van der Waals surface area contributed by atoms with Crippen LogP contribution in [0.15, 0.2) is 53.6 Å². The van der Waals surface area contributed by atoms with Crippen LogP contribution in [-0.2, 0) is 26.0 Å². The van der Waals surface area contributed by atoms with E-state index in [0.29, 0.717) is 5.52 Å². The summed E-state index contributed by atoms with van der Waals surface area (Å²) in [7, 11) is -2.33. The summed E-state index contributed by atoms with van der Waals surface area (Å²) in [4.78, 5) is 11.7. The number of hydrogen-bond acceptors (Lipinski definition) is 4. The fourth-order valence-electron chi connectivity index (χ4n) is 2.78. The van der Waals surface area contributed by atoms with Crippen molar-refractivity contribution in [1.82, 2.24) is 3.97 Å². The van der Waals surface area contributed by atoms with E-state index >= 15 is 0 Å². The molecule has 0 aliphatic carbocycles. The highest BCUT2D eigenvalue weighted by Gasteiger charge is 2.20. The maximum atomic E-state index is 13.0. The molecular weight excluding hydrogens is 338 g/mol. The fourth-order valence-corrected chi connectivity index (χ4v) is 4.20. The number of carbonyl (C=O) groups excluding carboxylic acids is 1. The quantitative estimate of drug-likeness (QED) is 0.673. The van der Waals surface area contributed by atoms with Crippen molar-refractivity contribution in [2.45, 2.75) is 25.2 Å². The van der Waals surface area contributed by atoms with Gasteiger partial charge in [-0.2, -0.15) is 0 Å². The molecule has 0 fully saturated rings. The monoisotopic (exact) mass is 357 g/mol. The second-order valence-corrected chi connectivity index (χ2v) is 7.85. The Kier molecular flexibility index (Phi) is 4.39. The van der Waals surface area contributed by atoms with Gasteiger partial charge in [-0.15, -0.1) is 0 Å². The number of methoxy groups -OCH3 is 1. The Hall–Kier alpha value is -2.60. The Labute approximate surface area is 146 Å². The first-order chi connectivity index (χ1) is 11.8. The van der Waals surface area contributed by atoms with Crippen molar-refractivity contribution >= 4 is 26.9 Å². The molecule has 0 unspecified atom stereocenters. The molecular formula is C19H19NO4S. The molecule has 2 aromatic carbocycles. The number of nitrogens with zero attached hydrogens (tertiary/aromatic N) is 1. The van der Waals surface area contributed by atoms with Gasteiger partial charge in [0.15, 0.2) is 0 Å². The van der Waals surface area contributed by atoms with Gasteiger partial charge in [0.1, 0.15) is 0 Å². The molecule has 0 spiro atoms. The van der Waals surface area contributed by atoms with Gasteiger partial charge < -0.3 is 4.74 Å². The summed E-state index contributed by atoms with van der Waals surface area (Å²) in [6.45, 7) is 3.76. The predicted molar refractivity (Wildman–Crippen MR) is 96.2 cm³/mol. The van der Waals surface area contributed by atoms with Crippen molar-refractivity contribution in [2.24, 2.45) is 0 Å². The van der Waals surface area contributed by atoms with E-state index in [9.17, 15) is 13.2 Å². The largest absolute Gasteiger partial charge is 0.469 e. The number of aryl methyl sites for hydroxylation is 2. The zero-order chi connectivity index (χ0) is 18.2. The van der Waals surface area contributed by atoms with Gasteiger partial charge >= 0.3 is 5.97 Å². The number of ether oxygens (including phenoxy) is 1. The van der Waals surface area contributed by atoms with Crippen LogP contribution in [0.1, 0.15) is 16.7 Å². The minimum Gasteiger partial charge on any atom is -0.469 e. The zero-order valence-corrected chi connectivity index (χ0v) is 15.1. The van der Waals surface area contributed by atoms with Gasteiger partial charge in [0, 0.05) is 11.6 Å². The lowest BCUT2D eigenvalue weighted by molar-refractivity contribution is -0.139. The van der Waals surface area contributed by atoms with E-state index in [1.54, 1.807) is 42.6 Å². The van der Waals surface area contributed by atoms with Gasteiger partial charge in [0.25, 0.3) is 10.0 Å². The Morgan fingerprint density at radius 1 is 1.08 bits per heavy atom. The van der Waals surface area contributed by atoms with Crippen LogP contribution in [-0.4, -0.2) is 25.5 Å². The first kappa shape index (κ1) is 17.2. The average Bonchev–Trinajstić information content (AvgIpc) is 2.92. The second-order valence-electron chi connectivity index (χ2n) is 6.03. The van der Waals surface area contributed by atoms with E-state index in [1.807, 2.05) is 19.9 Å². The number of esters is 1. The Morgan fingerprint density at radius 2 is 1.76 bits per heavy atom. The van der Waals surface area contributed by atoms with E-state index < -0.39 is 10.0 Å². The average molecular weight is 357 g/mol. The standard InChI is InChI=1S/C19H19NO4S/c1-13-4-7-16(8-5-13)25(22,23)20-12-14(2)17-10-15(6-9-18(17)20)11-19(21)24-3/h4-10,12H,11H2,1-3H3. The van der Waals surface area contributed by atoms with Crippen molar-refractivity contribution < 1.29 is 17.9 Å². The van der Waals surface area contributed by atoms with Gasteiger partial charge in [0.05, 0.1) is 23.9 Å². The molecule has 0 radical (unpaired) electrons. The van der Waals surface area contributed by atoms with Crippen molar-refractivity contribution in [3.05, 3.63) is 65.4 Å². The lowest BCUT2D eigenvalue weighted by Gasteiger charge is -2.08. The summed E-state index contributed by atoms with van der Waals surface area (Å²) >= 11 is 0. The molecule has 6 heteroatoms. The minimum absolute atomic E-state index is 0.155. The molecule has 0 saturated heterocycles. The van der Waals surface area contributed by atoms with Gasteiger partial charge in [0.2, 0.25) is 0 Å². The molecule has 0 aliphatic heterocycles. The van der Waals surface area contributed by atoms with E-state index in [0.717, 1.165) is 22.1 Å². The fraction of sp³-hybridized carbons (Fsp3) is 0.211. The smallest absolute Gasteiger partial charge is 0.309 e. The van der Waals surface area contributed by atoms with Crippen molar-refractivity contribution in [3.63, 3.8) is 0 Å². The third kappa shape index (κ3) is 3.17. The number of benzene rings is 2. The molecule has 3 rings (SSSR count). The molecule has 1 aromatic heterocycles. The third-order valence-corrected chi connectivity index (χ3v) is 5.88. The van der Waals surface area contributed by atoms with E-state index in [4.69, 9.17) is 0 Å². The third-order valence-electron chi connectivity index (χ3n) is 4.19. The summed E-state index contributed by atoms with van der Waals surface area (Å²) in [5.41, 5.74) is 3.21. The molecule has 130 valence electrons. The van der Waals surface area contributed by atoms with E-state index in [1.165, 1.54) is 11.1 Å². The van der Waals surface area contributed by atoms with Crippen LogP contribution in [0.3, 0.4) is 0 Å². The number of fused-ring (bicyclic) bond motifs is 1. The first-order valence-corrected chi connectivity index (χ1v) is 9.26. The van der Waals surface area contributed by atoms with Crippen molar-refractivity contribution in [3.8, 4) is 0 Å². The van der Waals surface area contributed by atoms with Crippen molar-refractivity contribution in [1.29, 1.82) is 0 Å². The van der Waals surface area contributed by atoms with Crippen LogP contribution in [0.5, 0.6) is 0 Å². The molecule has 0 bridgehead atoms. The van der Waals surface area contributed by atoms with Crippen LogP contribution < -0.4 is 0 Å². The van der Waals surface area contributed by atoms with Crippen LogP contribution in [0, 0.1) is 13.8 Å². The zero-order valence-electron chi connectivity index (χ0n) is 14.3. The Balaban J connectivity index is 2.11. The highest BCUT2D eigenvalue weighted by molar-refractivity contribution is 7.90. The SMILES string of the molecule is COC(=O)Cc1ccc2c(c1)c(C)cn2S(=O)(=O)c1ccc(C)cc1. The summed E-state index contributed by atoms with van der Waals surface area (Å²) in [5.74, 6) is -0.330. The topological polar surface area (TPSA) is 65.4 Å². The molecule has 3 aromatic rings. The summed E-state index contributed by atoms with van der Waals surface area (Å²) in [6.07, 6.45) is 1.77. The van der Waals surface area contributed by atoms with Gasteiger partial charge in [-0.25, -0.2) is 12.4 Å². The van der Waals surface area contributed by atoms with Gasteiger partial charge in [-0.1, -0.05) is 23.8 Å². The first-order valence-electron chi connectivity index (χ1n) is 7.82. The maximum absolute atomic E-state index is 13.0. The molecule has 0 saturated carbocycles. The van der Waals surface area contributed by atoms with Gasteiger partial charge in [-0.3, -0.25) is 4.79 Å². The van der Waals surface area contributed by atoms with Crippen LogP contribution in [0.4, 0.5) is 0 Å². The predicted octanol–water partition coefficient (Wildman–Crippen LogP) is 3.21. The lowest BCUT2D eigenvalue weighted by Crippen LogP contribution is -2.11. The number of aromatic nitrogens is 1. The van der Waals surface area contributed by atoms with Gasteiger partial charge in [-0.05, 0) is 49.2 Å². The van der Waals surface area contributed by atoms with E-state index in [2.05, 4.69) is 4.74 Å². The molecule has 0 atom stereocenters. The van der Waals surface area contributed by atoms with Crippen molar-refractivity contribution in [2.75, 3.05) is 7.11 Å². The normalized spacial score (nSPS) is 11.6. The molecule has 25 heavy (non-hydrogen) atoms. The summed E-state index contributed by atoms with van der Waals surface area (Å²) in [5, 5.41) is 0.803. The highest BCUT2D eigenvalue weighted by Crippen LogP contribution is 2.27. The number of hydrogen-bond donors (Lipinski definition) is 0. The second kappa shape index (κ2) is 6.37. The lowest BCUT2D eigenvalue weighted by atomic mass is 10.1. The van der Waals surface area contributed by atoms with Crippen LogP contribution >= 0.6 is 0 Å². The minimum atomic E-state index is -3.68. The molecule has 0 N–H and O–H groups in total. The summed E-state index contributed by atoms with van der Waals surface area (Å²) in [6, 6.07) is 12.1. The number of carbonyl (C=O) groups is 1. The van der Waals surface area contributed by atoms with Crippen LogP contribution in [0.2, 0.25) is 0 Å². The highest BCUT2D eigenvalue weighted by atomic mass is 32.2. The van der Waals surface area contributed by atoms with E-state index in [-0.39, 0.29) is 17.3 Å².